The number of oxazole rings is 1. The molecule has 1 spiro atoms. The van der Waals surface area contributed by atoms with Crippen LogP contribution >= 0.6 is 0 Å². The minimum Gasteiger partial charge on any atom is -0.432 e. The number of aromatic nitrogens is 3. The molecule has 2 aliphatic heterocycles. The van der Waals surface area contributed by atoms with E-state index in [4.69, 9.17) is 9.15 Å². The molecule has 3 atom stereocenters. The second-order valence-electron chi connectivity index (χ2n) is 12.6. The highest BCUT2D eigenvalue weighted by molar-refractivity contribution is 5.95. The maximum absolute atomic E-state index is 14.0. The van der Waals surface area contributed by atoms with E-state index < -0.39 is 23.5 Å². The summed E-state index contributed by atoms with van der Waals surface area (Å²) in [6.07, 6.45) is 12.7. The average Bonchev–Trinajstić information content (AvgIpc) is 3.83. The van der Waals surface area contributed by atoms with E-state index in [2.05, 4.69) is 27.6 Å². The van der Waals surface area contributed by atoms with Crippen LogP contribution < -0.4 is 15.5 Å². The number of ether oxygens (including phenoxy) is 1. The monoisotopic (exact) mass is 633 g/mol. The maximum Gasteiger partial charge on any atom is 0.297 e. The van der Waals surface area contributed by atoms with Gasteiger partial charge in [-0.1, -0.05) is 69.4 Å². The lowest BCUT2D eigenvalue weighted by atomic mass is 9.71. The number of nitrogens with one attached hydrogen (secondary N) is 2. The number of amides is 3. The van der Waals surface area contributed by atoms with Gasteiger partial charge in [-0.3, -0.25) is 19.1 Å². The van der Waals surface area contributed by atoms with Crippen LogP contribution in [0.5, 0.6) is 0 Å². The van der Waals surface area contributed by atoms with E-state index in [9.17, 15) is 14.4 Å². The van der Waals surface area contributed by atoms with Crippen LogP contribution in [0.2, 0.25) is 0 Å². The summed E-state index contributed by atoms with van der Waals surface area (Å²) < 4.78 is 13.3. The van der Waals surface area contributed by atoms with Crippen LogP contribution in [0.25, 0.3) is 0 Å². The van der Waals surface area contributed by atoms with Crippen molar-refractivity contribution in [3.63, 3.8) is 0 Å². The van der Waals surface area contributed by atoms with Crippen LogP contribution in [0.15, 0.2) is 59.6 Å². The number of likely N-dealkylation sites (N-methyl/N-ethyl adjacent to an activating group) is 1. The number of carbonyl (C=O) groups excluding carboxylic acids is 3. The molecule has 0 aliphatic carbocycles. The lowest BCUT2D eigenvalue weighted by molar-refractivity contribution is -0.136. The van der Waals surface area contributed by atoms with E-state index in [1.165, 1.54) is 31.9 Å². The fourth-order valence-electron chi connectivity index (χ4n) is 6.59. The third-order valence-electron chi connectivity index (χ3n) is 9.20. The Morgan fingerprint density at radius 1 is 1.09 bits per heavy atom. The van der Waals surface area contributed by atoms with Gasteiger partial charge in [-0.05, 0) is 18.9 Å². The standard InChI is InChI=1S/C34H47N7O5/c1-4-5-6-7-8-12-16-45-25(2)29(31(43)35-3)38-30(42)28-21-39(22-34(28)23-40(24-34)33-36-15-17-46-33)32(44)27-18-37-41(20-27)19-26-13-10-9-11-14-26/h9-11,13-15,17-18,20,25,28-29H,4-8,12,16,19,21-24H2,1-3H3,(H,35,43)(H,38,42)/t25-,28+,29?/m1/s1. The fraction of sp³-hybridized carbons (Fsp3) is 0.559. The van der Waals surface area contributed by atoms with Crippen molar-refractivity contribution in [2.45, 2.75) is 71.1 Å². The zero-order valence-electron chi connectivity index (χ0n) is 27.2. The second-order valence-corrected chi connectivity index (χ2v) is 12.6. The van der Waals surface area contributed by atoms with Crippen molar-refractivity contribution >= 4 is 23.7 Å². The fourth-order valence-corrected chi connectivity index (χ4v) is 6.59. The molecule has 248 valence electrons. The molecule has 1 aromatic carbocycles. The van der Waals surface area contributed by atoms with Gasteiger partial charge in [0.05, 0.1) is 36.5 Å². The van der Waals surface area contributed by atoms with Gasteiger partial charge in [-0.15, -0.1) is 0 Å². The Labute approximate surface area is 270 Å². The van der Waals surface area contributed by atoms with Crippen molar-refractivity contribution < 1.29 is 23.5 Å². The van der Waals surface area contributed by atoms with Crippen LogP contribution in [0, 0.1) is 11.3 Å². The lowest BCUT2D eigenvalue weighted by Gasteiger charge is -2.49. The van der Waals surface area contributed by atoms with Gasteiger partial charge in [-0.25, -0.2) is 4.98 Å². The minimum absolute atomic E-state index is 0.179. The summed E-state index contributed by atoms with van der Waals surface area (Å²) in [7, 11) is 1.55. The first-order chi connectivity index (χ1) is 22.3. The molecule has 2 aliphatic rings. The molecule has 2 aromatic heterocycles. The van der Waals surface area contributed by atoms with Crippen LogP contribution in [0.3, 0.4) is 0 Å². The molecule has 3 amide bonds. The van der Waals surface area contributed by atoms with E-state index in [1.807, 2.05) is 42.2 Å². The van der Waals surface area contributed by atoms with Crippen LogP contribution in [0.4, 0.5) is 6.01 Å². The summed E-state index contributed by atoms with van der Waals surface area (Å²) in [6, 6.07) is 9.55. The number of hydrogen-bond donors (Lipinski definition) is 2. The molecule has 2 N–H and O–H groups in total. The van der Waals surface area contributed by atoms with E-state index in [1.54, 1.807) is 35.2 Å². The summed E-state index contributed by atoms with van der Waals surface area (Å²) in [4.78, 5) is 48.7. The van der Waals surface area contributed by atoms with Gasteiger partial charge in [0.25, 0.3) is 11.9 Å². The molecule has 4 heterocycles. The molecule has 0 saturated carbocycles. The largest absolute Gasteiger partial charge is 0.432 e. The Kier molecular flexibility index (Phi) is 11.1. The summed E-state index contributed by atoms with van der Waals surface area (Å²) in [5, 5.41) is 10.1. The Balaban J connectivity index is 1.26. The molecule has 12 nitrogen and oxygen atoms in total. The van der Waals surface area contributed by atoms with Crippen molar-refractivity contribution in [1.29, 1.82) is 0 Å². The van der Waals surface area contributed by atoms with Crippen molar-refractivity contribution in [3.05, 3.63) is 66.3 Å². The van der Waals surface area contributed by atoms with Gasteiger partial charge in [-0.2, -0.15) is 5.10 Å². The lowest BCUT2D eigenvalue weighted by Crippen LogP contribution is -2.64. The molecule has 12 heteroatoms. The number of unbranched alkanes of at least 4 members (excludes halogenated alkanes) is 5. The molecule has 5 rings (SSSR count). The smallest absolute Gasteiger partial charge is 0.297 e. The molecule has 3 aromatic rings. The minimum atomic E-state index is -0.862. The Bertz CT molecular complexity index is 1420. The molecule has 0 radical (unpaired) electrons. The van der Waals surface area contributed by atoms with Crippen LogP contribution in [0.1, 0.15) is 68.3 Å². The third-order valence-corrected chi connectivity index (χ3v) is 9.20. The number of carbonyl (C=O) groups is 3. The Morgan fingerprint density at radius 3 is 2.57 bits per heavy atom. The Hall–Kier alpha value is -4.19. The predicted octanol–water partition coefficient (Wildman–Crippen LogP) is 3.49. The zero-order chi connectivity index (χ0) is 32.5. The Morgan fingerprint density at radius 2 is 1.85 bits per heavy atom. The zero-order valence-corrected chi connectivity index (χ0v) is 27.2. The average molecular weight is 634 g/mol. The van der Waals surface area contributed by atoms with Crippen molar-refractivity contribution in [2.75, 3.05) is 44.7 Å². The van der Waals surface area contributed by atoms with Gasteiger partial charge in [0.15, 0.2) is 0 Å². The molecule has 46 heavy (non-hydrogen) atoms. The first kappa shape index (κ1) is 33.2. The van der Waals surface area contributed by atoms with Crippen LogP contribution in [-0.4, -0.2) is 89.4 Å². The normalized spacial score (nSPS) is 18.3. The van der Waals surface area contributed by atoms with Gasteiger partial charge < -0.3 is 29.6 Å². The van der Waals surface area contributed by atoms with Crippen LogP contribution in [-0.2, 0) is 20.9 Å². The van der Waals surface area contributed by atoms with Gasteiger partial charge >= 0.3 is 0 Å². The maximum atomic E-state index is 14.0. The number of likely N-dealkylation sites (tertiary alicyclic amines) is 1. The molecule has 0 bridgehead atoms. The quantitative estimate of drug-likeness (QED) is 0.229. The predicted molar refractivity (Wildman–Crippen MR) is 173 cm³/mol. The van der Waals surface area contributed by atoms with Crippen molar-refractivity contribution in [1.82, 2.24) is 30.3 Å². The van der Waals surface area contributed by atoms with Gasteiger partial charge in [0, 0.05) is 51.4 Å². The number of rotatable bonds is 16. The van der Waals surface area contributed by atoms with E-state index in [0.717, 1.165) is 18.4 Å². The summed E-state index contributed by atoms with van der Waals surface area (Å²) >= 11 is 0. The highest BCUT2D eigenvalue weighted by atomic mass is 16.5. The summed E-state index contributed by atoms with van der Waals surface area (Å²) in [5.74, 6) is -1.31. The van der Waals surface area contributed by atoms with Gasteiger partial charge in [0.2, 0.25) is 11.8 Å². The molecule has 1 unspecified atom stereocenters. The van der Waals surface area contributed by atoms with E-state index in [0.29, 0.717) is 44.4 Å². The number of anilines is 1. The third kappa shape index (κ3) is 7.78. The van der Waals surface area contributed by atoms with Gasteiger partial charge in [0.1, 0.15) is 12.3 Å². The number of hydrogen-bond acceptors (Lipinski definition) is 8. The molecule has 2 saturated heterocycles. The topological polar surface area (TPSA) is 135 Å². The van der Waals surface area contributed by atoms with E-state index >= 15 is 0 Å². The first-order valence-corrected chi connectivity index (χ1v) is 16.5. The molecular weight excluding hydrogens is 586 g/mol. The highest BCUT2D eigenvalue weighted by Crippen LogP contribution is 2.46. The molecule has 2 fully saturated rings. The highest BCUT2D eigenvalue weighted by Gasteiger charge is 2.59. The number of nitrogens with zero attached hydrogens (tertiary/aromatic N) is 5. The summed E-state index contributed by atoms with van der Waals surface area (Å²) in [6.45, 7) is 6.69. The first-order valence-electron chi connectivity index (χ1n) is 16.5. The summed E-state index contributed by atoms with van der Waals surface area (Å²) in [5.41, 5.74) is 1.03. The van der Waals surface area contributed by atoms with Crippen molar-refractivity contribution in [3.8, 4) is 0 Å². The SMILES string of the molecule is CCCCCCCCO[C@H](C)C(NC(=O)[C@@H]1CN(C(=O)c2cnn(Cc3ccccc3)c2)CC12CN(c1ncco1)C2)C(=O)NC. The van der Waals surface area contributed by atoms with E-state index in [-0.39, 0.29) is 24.3 Å². The number of benzene rings is 1. The molecular formula is C34H47N7O5. The van der Waals surface area contributed by atoms with Crippen molar-refractivity contribution in [2.24, 2.45) is 11.3 Å². The second kappa shape index (κ2) is 15.4.